The van der Waals surface area contributed by atoms with Gasteiger partial charge in [-0.05, 0) is 48.0 Å². The summed E-state index contributed by atoms with van der Waals surface area (Å²) in [5.74, 6) is 1.34. The molecule has 0 spiro atoms. The van der Waals surface area contributed by atoms with Gasteiger partial charge in [0, 0.05) is 26.1 Å². The minimum atomic E-state index is -0.163. The second-order valence-electron chi connectivity index (χ2n) is 6.68. The third-order valence-corrected chi connectivity index (χ3v) is 4.53. The standard InChI is InChI=1S/C22H22ClNO5/c1-24(2)21(26)14-29-17-7-5-16(6-8-17)19(25)9-4-15-12-18(23)22-20(13-15)27-10-3-11-28-22/h4-9,12-13H,3,10-11,14H2,1-2H3/b9-4+. The van der Waals surface area contributed by atoms with Crippen LogP contribution in [0.5, 0.6) is 17.2 Å². The predicted molar refractivity (Wildman–Crippen MR) is 111 cm³/mol. The van der Waals surface area contributed by atoms with Gasteiger partial charge in [-0.2, -0.15) is 0 Å². The molecule has 1 heterocycles. The Labute approximate surface area is 174 Å². The zero-order valence-corrected chi connectivity index (χ0v) is 17.1. The van der Waals surface area contributed by atoms with Crippen LogP contribution in [0.2, 0.25) is 5.02 Å². The van der Waals surface area contributed by atoms with Crippen LogP contribution in [0.25, 0.3) is 6.08 Å². The smallest absolute Gasteiger partial charge is 0.259 e. The summed E-state index contributed by atoms with van der Waals surface area (Å²) in [6, 6.07) is 10.2. The largest absolute Gasteiger partial charge is 0.489 e. The van der Waals surface area contributed by atoms with Gasteiger partial charge in [0.1, 0.15) is 5.75 Å². The number of fused-ring (bicyclic) bond motifs is 1. The minimum absolute atomic E-state index is 0.0505. The zero-order chi connectivity index (χ0) is 20.8. The van der Waals surface area contributed by atoms with E-state index in [1.165, 1.54) is 11.0 Å². The third kappa shape index (κ3) is 5.51. The molecule has 1 aliphatic heterocycles. The van der Waals surface area contributed by atoms with Crippen molar-refractivity contribution in [3.05, 3.63) is 58.6 Å². The van der Waals surface area contributed by atoms with E-state index >= 15 is 0 Å². The van der Waals surface area contributed by atoms with Crippen LogP contribution in [0.4, 0.5) is 0 Å². The summed E-state index contributed by atoms with van der Waals surface area (Å²) >= 11 is 6.28. The van der Waals surface area contributed by atoms with Crippen LogP contribution < -0.4 is 14.2 Å². The van der Waals surface area contributed by atoms with Crippen molar-refractivity contribution in [1.29, 1.82) is 0 Å². The molecule has 6 nitrogen and oxygen atoms in total. The minimum Gasteiger partial charge on any atom is -0.489 e. The topological polar surface area (TPSA) is 65.1 Å². The Morgan fingerprint density at radius 2 is 1.86 bits per heavy atom. The molecule has 2 aromatic carbocycles. The fourth-order valence-corrected chi connectivity index (χ4v) is 2.88. The number of nitrogens with zero attached hydrogens (tertiary/aromatic N) is 1. The summed E-state index contributed by atoms with van der Waals surface area (Å²) in [6.07, 6.45) is 3.95. The molecular weight excluding hydrogens is 394 g/mol. The van der Waals surface area contributed by atoms with Crippen molar-refractivity contribution in [2.24, 2.45) is 0 Å². The molecule has 0 N–H and O–H groups in total. The first-order chi connectivity index (χ1) is 13.9. The molecule has 152 valence electrons. The van der Waals surface area contributed by atoms with Gasteiger partial charge < -0.3 is 19.1 Å². The molecule has 0 radical (unpaired) electrons. The Kier molecular flexibility index (Phi) is 6.77. The number of carbonyl (C=O) groups excluding carboxylic acids is 2. The van der Waals surface area contributed by atoms with Crippen molar-refractivity contribution in [2.45, 2.75) is 6.42 Å². The van der Waals surface area contributed by atoms with Crippen molar-refractivity contribution in [3.8, 4) is 17.2 Å². The molecule has 0 saturated heterocycles. The average Bonchev–Trinajstić information content (AvgIpc) is 2.96. The molecular formula is C22H22ClNO5. The van der Waals surface area contributed by atoms with Crippen LogP contribution in [0.1, 0.15) is 22.3 Å². The predicted octanol–water partition coefficient (Wildman–Crippen LogP) is 3.86. The number of ether oxygens (including phenoxy) is 3. The Morgan fingerprint density at radius 1 is 1.14 bits per heavy atom. The lowest BCUT2D eigenvalue weighted by atomic mass is 10.1. The molecule has 0 aliphatic carbocycles. The number of hydrogen-bond donors (Lipinski definition) is 0. The Morgan fingerprint density at radius 3 is 2.59 bits per heavy atom. The van der Waals surface area contributed by atoms with Crippen molar-refractivity contribution < 1.29 is 23.8 Å². The zero-order valence-electron chi connectivity index (χ0n) is 16.3. The van der Waals surface area contributed by atoms with Gasteiger partial charge in [0.25, 0.3) is 5.91 Å². The highest BCUT2D eigenvalue weighted by Crippen LogP contribution is 2.38. The summed E-state index contributed by atoms with van der Waals surface area (Å²) in [6.45, 7) is 1.07. The number of rotatable bonds is 6. The first-order valence-corrected chi connectivity index (χ1v) is 9.56. The van der Waals surface area contributed by atoms with E-state index in [1.54, 1.807) is 56.6 Å². The molecule has 29 heavy (non-hydrogen) atoms. The lowest BCUT2D eigenvalue weighted by Crippen LogP contribution is -2.27. The van der Waals surface area contributed by atoms with Crippen molar-refractivity contribution in [1.82, 2.24) is 4.90 Å². The number of hydrogen-bond acceptors (Lipinski definition) is 5. The molecule has 0 unspecified atom stereocenters. The second-order valence-corrected chi connectivity index (χ2v) is 7.09. The van der Waals surface area contributed by atoms with E-state index in [4.69, 9.17) is 25.8 Å². The highest BCUT2D eigenvalue weighted by Gasteiger charge is 2.15. The van der Waals surface area contributed by atoms with E-state index in [0.29, 0.717) is 41.0 Å². The quantitative estimate of drug-likeness (QED) is 0.529. The van der Waals surface area contributed by atoms with Crippen LogP contribution in [-0.4, -0.2) is 50.5 Å². The Balaban J connectivity index is 1.65. The van der Waals surface area contributed by atoms with Crippen molar-refractivity contribution in [2.75, 3.05) is 33.9 Å². The summed E-state index contributed by atoms with van der Waals surface area (Å²) in [5, 5.41) is 0.449. The normalized spacial score (nSPS) is 13.1. The average molecular weight is 416 g/mol. The van der Waals surface area contributed by atoms with Crippen LogP contribution in [0.3, 0.4) is 0 Å². The molecule has 0 atom stereocenters. The van der Waals surface area contributed by atoms with E-state index < -0.39 is 0 Å². The SMILES string of the molecule is CN(C)C(=O)COc1ccc(C(=O)/C=C/c2cc(Cl)c3c(c2)OCCCO3)cc1. The van der Waals surface area contributed by atoms with Gasteiger partial charge in [0.15, 0.2) is 23.9 Å². The highest BCUT2D eigenvalue weighted by atomic mass is 35.5. The van der Waals surface area contributed by atoms with Crippen LogP contribution in [0, 0.1) is 0 Å². The molecule has 0 fully saturated rings. The van der Waals surface area contributed by atoms with Gasteiger partial charge in [-0.1, -0.05) is 17.7 Å². The van der Waals surface area contributed by atoms with Crippen molar-refractivity contribution >= 4 is 29.4 Å². The third-order valence-electron chi connectivity index (χ3n) is 4.25. The summed E-state index contributed by atoms with van der Waals surface area (Å²) in [5.41, 5.74) is 1.25. The maximum absolute atomic E-state index is 12.4. The lowest BCUT2D eigenvalue weighted by Gasteiger charge is -2.11. The maximum atomic E-state index is 12.4. The van der Waals surface area contributed by atoms with E-state index in [9.17, 15) is 9.59 Å². The molecule has 0 bridgehead atoms. The molecule has 2 aromatic rings. The van der Waals surface area contributed by atoms with Gasteiger partial charge >= 0.3 is 0 Å². The van der Waals surface area contributed by atoms with Crippen LogP contribution in [-0.2, 0) is 4.79 Å². The fourth-order valence-electron chi connectivity index (χ4n) is 2.60. The van der Waals surface area contributed by atoms with E-state index in [2.05, 4.69) is 0 Å². The first kappa shape index (κ1) is 20.7. The van der Waals surface area contributed by atoms with Gasteiger partial charge in [-0.3, -0.25) is 9.59 Å². The number of halogens is 1. The van der Waals surface area contributed by atoms with E-state index in [0.717, 1.165) is 12.0 Å². The van der Waals surface area contributed by atoms with E-state index in [1.807, 2.05) is 0 Å². The first-order valence-electron chi connectivity index (χ1n) is 9.18. The fraction of sp³-hybridized carbons (Fsp3) is 0.273. The van der Waals surface area contributed by atoms with Crippen molar-refractivity contribution in [3.63, 3.8) is 0 Å². The molecule has 1 amide bonds. The summed E-state index contributed by atoms with van der Waals surface area (Å²) < 4.78 is 16.7. The van der Waals surface area contributed by atoms with Crippen LogP contribution >= 0.6 is 11.6 Å². The number of allylic oxidation sites excluding steroid dienone is 1. The number of amides is 1. The monoisotopic (exact) mass is 415 g/mol. The van der Waals surface area contributed by atoms with Crippen LogP contribution in [0.15, 0.2) is 42.5 Å². The lowest BCUT2D eigenvalue weighted by molar-refractivity contribution is -0.130. The molecule has 7 heteroatoms. The number of ketones is 1. The molecule has 1 aliphatic rings. The van der Waals surface area contributed by atoms with Gasteiger partial charge in [-0.25, -0.2) is 0 Å². The Hall–Kier alpha value is -2.99. The van der Waals surface area contributed by atoms with Gasteiger partial charge in [0.05, 0.1) is 18.2 Å². The molecule has 3 rings (SSSR count). The summed E-state index contributed by atoms with van der Waals surface area (Å²) in [4.78, 5) is 25.4. The Bertz CT molecular complexity index is 922. The summed E-state index contributed by atoms with van der Waals surface area (Å²) in [7, 11) is 3.33. The number of carbonyl (C=O) groups is 2. The molecule has 0 saturated carbocycles. The number of benzene rings is 2. The van der Waals surface area contributed by atoms with Gasteiger partial charge in [0.2, 0.25) is 0 Å². The highest BCUT2D eigenvalue weighted by molar-refractivity contribution is 6.32. The van der Waals surface area contributed by atoms with E-state index in [-0.39, 0.29) is 18.3 Å². The second kappa shape index (κ2) is 9.47. The maximum Gasteiger partial charge on any atom is 0.259 e. The number of likely N-dealkylation sites (N-methyl/N-ethyl adjacent to an activating group) is 1. The van der Waals surface area contributed by atoms with Gasteiger partial charge in [-0.15, -0.1) is 0 Å². The molecule has 0 aromatic heterocycles.